The summed E-state index contributed by atoms with van der Waals surface area (Å²) in [7, 11) is 0. The van der Waals surface area contributed by atoms with E-state index >= 15 is 0 Å². The van der Waals surface area contributed by atoms with Gasteiger partial charge in [0.2, 0.25) is 5.91 Å². The second kappa shape index (κ2) is 7.93. The Morgan fingerprint density at radius 2 is 2.19 bits per heavy atom. The topological polar surface area (TPSA) is 57.0 Å². The van der Waals surface area contributed by atoms with Crippen LogP contribution in [0.3, 0.4) is 0 Å². The molecule has 0 amide bonds. The van der Waals surface area contributed by atoms with Crippen molar-refractivity contribution < 1.29 is 9.53 Å². The molecule has 0 bridgehead atoms. The molecule has 0 saturated heterocycles. The standard InChI is InChI=1S/C15H21N3O2S/c1-3-5-6-9-13(19)18-14(12-8-7-11-21-12)16-15(17-18)20-10-4-2/h7-8,11H,3-6,9-10H2,1-2H3. The number of aromatic nitrogens is 3. The summed E-state index contributed by atoms with van der Waals surface area (Å²) in [5.74, 6) is 0.559. The molecule has 2 aromatic heterocycles. The average molecular weight is 307 g/mol. The Morgan fingerprint density at radius 3 is 2.86 bits per heavy atom. The normalized spacial score (nSPS) is 10.8. The first kappa shape index (κ1) is 15.7. The third-order valence-corrected chi connectivity index (χ3v) is 3.86. The van der Waals surface area contributed by atoms with E-state index in [2.05, 4.69) is 17.0 Å². The van der Waals surface area contributed by atoms with Crippen LogP contribution in [0.2, 0.25) is 0 Å². The molecule has 0 aliphatic rings. The van der Waals surface area contributed by atoms with E-state index in [0.717, 1.165) is 30.6 Å². The second-order valence-corrected chi connectivity index (χ2v) is 5.75. The van der Waals surface area contributed by atoms with Crippen molar-refractivity contribution in [1.82, 2.24) is 14.8 Å². The van der Waals surface area contributed by atoms with Crippen molar-refractivity contribution in [1.29, 1.82) is 0 Å². The van der Waals surface area contributed by atoms with E-state index in [4.69, 9.17) is 4.74 Å². The third-order valence-electron chi connectivity index (χ3n) is 2.99. The fourth-order valence-electron chi connectivity index (χ4n) is 1.92. The van der Waals surface area contributed by atoms with Crippen LogP contribution in [-0.4, -0.2) is 27.3 Å². The van der Waals surface area contributed by atoms with Gasteiger partial charge in [0.1, 0.15) is 0 Å². The Balaban J connectivity index is 2.20. The molecule has 0 atom stereocenters. The predicted molar refractivity (Wildman–Crippen MR) is 83.9 cm³/mol. The van der Waals surface area contributed by atoms with E-state index in [0.29, 0.717) is 18.9 Å². The summed E-state index contributed by atoms with van der Waals surface area (Å²) in [5.41, 5.74) is 0. The lowest BCUT2D eigenvalue weighted by Crippen LogP contribution is -2.13. The molecule has 5 nitrogen and oxygen atoms in total. The van der Waals surface area contributed by atoms with Crippen LogP contribution in [0.25, 0.3) is 10.7 Å². The Hall–Kier alpha value is -1.69. The van der Waals surface area contributed by atoms with Gasteiger partial charge in [-0.3, -0.25) is 4.79 Å². The lowest BCUT2D eigenvalue weighted by molar-refractivity contribution is 0.0883. The largest absolute Gasteiger partial charge is 0.462 e. The molecule has 114 valence electrons. The zero-order chi connectivity index (χ0) is 15.1. The molecule has 2 heterocycles. The van der Waals surface area contributed by atoms with Crippen LogP contribution in [0.5, 0.6) is 6.01 Å². The number of thiophene rings is 1. The van der Waals surface area contributed by atoms with Crippen molar-refractivity contribution in [3.63, 3.8) is 0 Å². The number of ether oxygens (including phenoxy) is 1. The van der Waals surface area contributed by atoms with Crippen LogP contribution in [0, 0.1) is 0 Å². The zero-order valence-electron chi connectivity index (χ0n) is 12.5. The van der Waals surface area contributed by atoms with Gasteiger partial charge in [0, 0.05) is 6.42 Å². The Bertz CT molecular complexity index is 563. The highest BCUT2D eigenvalue weighted by Crippen LogP contribution is 2.25. The van der Waals surface area contributed by atoms with Gasteiger partial charge in [-0.25, -0.2) is 0 Å². The van der Waals surface area contributed by atoms with Crippen molar-refractivity contribution in [2.24, 2.45) is 0 Å². The quantitative estimate of drug-likeness (QED) is 0.691. The smallest absolute Gasteiger partial charge is 0.336 e. The summed E-state index contributed by atoms with van der Waals surface area (Å²) < 4.78 is 6.86. The highest BCUT2D eigenvalue weighted by atomic mass is 32.1. The van der Waals surface area contributed by atoms with Gasteiger partial charge >= 0.3 is 6.01 Å². The van der Waals surface area contributed by atoms with Crippen LogP contribution < -0.4 is 4.74 Å². The maximum Gasteiger partial charge on any atom is 0.336 e. The van der Waals surface area contributed by atoms with Crippen LogP contribution in [0.4, 0.5) is 0 Å². The predicted octanol–water partition coefficient (Wildman–Crippen LogP) is 4.02. The minimum absolute atomic E-state index is 0.0225. The molecule has 0 radical (unpaired) electrons. The summed E-state index contributed by atoms with van der Waals surface area (Å²) in [5, 5.41) is 6.18. The van der Waals surface area contributed by atoms with Crippen LogP contribution in [-0.2, 0) is 0 Å². The Morgan fingerprint density at radius 1 is 1.33 bits per heavy atom. The Labute approximate surface area is 129 Å². The second-order valence-electron chi connectivity index (χ2n) is 4.81. The fourth-order valence-corrected chi connectivity index (χ4v) is 2.62. The molecule has 0 saturated carbocycles. The number of carbonyl (C=O) groups excluding carboxylic acids is 1. The first-order valence-corrected chi connectivity index (χ1v) is 8.31. The van der Waals surface area contributed by atoms with E-state index in [1.165, 1.54) is 4.68 Å². The molecule has 21 heavy (non-hydrogen) atoms. The lowest BCUT2D eigenvalue weighted by atomic mass is 10.2. The van der Waals surface area contributed by atoms with Gasteiger partial charge in [0.05, 0.1) is 11.5 Å². The number of unbranched alkanes of at least 4 members (excludes halogenated alkanes) is 2. The SMILES string of the molecule is CCCCCC(=O)n1nc(OCCC)nc1-c1cccs1. The van der Waals surface area contributed by atoms with Crippen molar-refractivity contribution in [2.75, 3.05) is 6.61 Å². The van der Waals surface area contributed by atoms with Gasteiger partial charge in [-0.1, -0.05) is 32.8 Å². The maximum atomic E-state index is 12.3. The van der Waals surface area contributed by atoms with E-state index in [1.54, 1.807) is 11.3 Å². The summed E-state index contributed by atoms with van der Waals surface area (Å²) in [6.07, 6.45) is 4.39. The highest BCUT2D eigenvalue weighted by Gasteiger charge is 2.18. The van der Waals surface area contributed by atoms with E-state index < -0.39 is 0 Å². The minimum Gasteiger partial charge on any atom is -0.462 e. The van der Waals surface area contributed by atoms with Crippen molar-refractivity contribution >= 4 is 17.2 Å². The summed E-state index contributed by atoms with van der Waals surface area (Å²) in [4.78, 5) is 17.6. The number of carbonyl (C=O) groups is 1. The molecule has 0 aliphatic carbocycles. The number of hydrogen-bond donors (Lipinski definition) is 0. The molecule has 0 aliphatic heterocycles. The molecule has 2 aromatic rings. The van der Waals surface area contributed by atoms with Crippen molar-refractivity contribution in [3.8, 4) is 16.7 Å². The highest BCUT2D eigenvalue weighted by molar-refractivity contribution is 7.13. The number of rotatable bonds is 8. The average Bonchev–Trinajstić information content (AvgIpc) is 3.14. The molecular formula is C15H21N3O2S. The van der Waals surface area contributed by atoms with Gasteiger partial charge in [0.25, 0.3) is 0 Å². The summed E-state index contributed by atoms with van der Waals surface area (Å²) in [6.45, 7) is 4.69. The van der Waals surface area contributed by atoms with Gasteiger partial charge in [-0.2, -0.15) is 9.67 Å². The maximum absolute atomic E-state index is 12.3. The molecule has 0 fully saturated rings. The van der Waals surface area contributed by atoms with Crippen LogP contribution >= 0.6 is 11.3 Å². The van der Waals surface area contributed by atoms with E-state index in [9.17, 15) is 4.79 Å². The van der Waals surface area contributed by atoms with Gasteiger partial charge in [-0.15, -0.1) is 16.4 Å². The lowest BCUT2D eigenvalue weighted by Gasteiger charge is -2.02. The summed E-state index contributed by atoms with van der Waals surface area (Å²) in [6, 6.07) is 4.16. The molecule has 2 rings (SSSR count). The van der Waals surface area contributed by atoms with Crippen molar-refractivity contribution in [3.05, 3.63) is 17.5 Å². The first-order chi connectivity index (χ1) is 10.3. The van der Waals surface area contributed by atoms with Crippen LogP contribution in [0.1, 0.15) is 50.7 Å². The molecular weight excluding hydrogens is 286 g/mol. The van der Waals surface area contributed by atoms with Crippen LogP contribution in [0.15, 0.2) is 17.5 Å². The minimum atomic E-state index is -0.0225. The first-order valence-electron chi connectivity index (χ1n) is 7.43. The molecule has 0 aromatic carbocycles. The van der Waals surface area contributed by atoms with E-state index in [-0.39, 0.29) is 11.9 Å². The van der Waals surface area contributed by atoms with Crippen molar-refractivity contribution in [2.45, 2.75) is 46.0 Å². The van der Waals surface area contributed by atoms with Gasteiger partial charge < -0.3 is 4.74 Å². The number of hydrogen-bond acceptors (Lipinski definition) is 5. The monoisotopic (exact) mass is 307 g/mol. The molecule has 6 heteroatoms. The zero-order valence-corrected chi connectivity index (χ0v) is 13.4. The molecule has 0 unspecified atom stereocenters. The number of nitrogens with zero attached hydrogens (tertiary/aromatic N) is 3. The Kier molecular flexibility index (Phi) is 5.92. The molecule has 0 spiro atoms. The fraction of sp³-hybridized carbons (Fsp3) is 0.533. The molecule has 0 N–H and O–H groups in total. The van der Waals surface area contributed by atoms with Gasteiger partial charge in [0.15, 0.2) is 5.82 Å². The van der Waals surface area contributed by atoms with Gasteiger partial charge in [-0.05, 0) is 24.3 Å². The summed E-state index contributed by atoms with van der Waals surface area (Å²) >= 11 is 1.54. The van der Waals surface area contributed by atoms with E-state index in [1.807, 2.05) is 24.4 Å². The third kappa shape index (κ3) is 4.14.